The van der Waals surface area contributed by atoms with Gasteiger partial charge in [0.25, 0.3) is 0 Å². The maximum atomic E-state index is 11.6. The van der Waals surface area contributed by atoms with E-state index in [2.05, 4.69) is 4.98 Å². The van der Waals surface area contributed by atoms with Crippen molar-refractivity contribution in [2.75, 3.05) is 7.11 Å². The molecule has 94 valence electrons. The van der Waals surface area contributed by atoms with Gasteiger partial charge >= 0.3 is 5.97 Å². The van der Waals surface area contributed by atoms with Crippen LogP contribution in [0.4, 0.5) is 0 Å². The predicted octanol–water partition coefficient (Wildman–Crippen LogP) is 3.49. The molecule has 3 rings (SSSR count). The number of methoxy groups -OCH3 is 1. The SMILES string of the molecule is COC(=O)c1cc2[nH]c3c(c2cc1Cl)CCCC3. The first-order chi connectivity index (χ1) is 8.70. The zero-order valence-electron chi connectivity index (χ0n) is 10.2. The number of nitrogens with one attached hydrogen (secondary N) is 1. The summed E-state index contributed by atoms with van der Waals surface area (Å²) in [5, 5.41) is 1.60. The number of ether oxygens (including phenoxy) is 1. The second-order valence-corrected chi connectivity index (χ2v) is 5.07. The fourth-order valence-electron chi connectivity index (χ4n) is 2.70. The van der Waals surface area contributed by atoms with Crippen LogP contribution in [-0.2, 0) is 17.6 Å². The Balaban J connectivity index is 2.21. The summed E-state index contributed by atoms with van der Waals surface area (Å²) in [5.41, 5.74) is 4.04. The van der Waals surface area contributed by atoms with Gasteiger partial charge in [-0.25, -0.2) is 4.79 Å². The molecule has 3 nitrogen and oxygen atoms in total. The summed E-state index contributed by atoms with van der Waals surface area (Å²) in [6.45, 7) is 0. The zero-order chi connectivity index (χ0) is 12.7. The number of esters is 1. The third-order valence-electron chi connectivity index (χ3n) is 3.59. The fraction of sp³-hybridized carbons (Fsp3) is 0.357. The van der Waals surface area contributed by atoms with Crippen LogP contribution in [0.5, 0.6) is 0 Å². The number of carbonyl (C=O) groups excluding carboxylic acids is 1. The molecule has 0 unspecified atom stereocenters. The van der Waals surface area contributed by atoms with E-state index < -0.39 is 5.97 Å². The molecule has 0 atom stereocenters. The van der Waals surface area contributed by atoms with E-state index in [9.17, 15) is 4.79 Å². The largest absolute Gasteiger partial charge is 0.465 e. The van der Waals surface area contributed by atoms with Gasteiger partial charge in [0.15, 0.2) is 0 Å². The molecule has 2 aromatic rings. The number of rotatable bonds is 1. The number of carbonyl (C=O) groups is 1. The van der Waals surface area contributed by atoms with E-state index in [0.717, 1.165) is 23.7 Å². The molecule has 1 aliphatic rings. The number of aromatic amines is 1. The summed E-state index contributed by atoms with van der Waals surface area (Å²) in [7, 11) is 1.36. The standard InChI is InChI=1S/C14H14ClNO2/c1-18-14(17)10-7-13-9(6-11(10)15)8-4-2-3-5-12(8)16-13/h6-7,16H,2-5H2,1H3. The Hall–Kier alpha value is -1.48. The van der Waals surface area contributed by atoms with Gasteiger partial charge in [-0.05, 0) is 43.4 Å². The molecule has 0 bridgehead atoms. The van der Waals surface area contributed by atoms with Crippen molar-refractivity contribution in [3.63, 3.8) is 0 Å². The molecule has 0 amide bonds. The Morgan fingerprint density at radius 1 is 1.33 bits per heavy atom. The molecule has 0 radical (unpaired) electrons. The van der Waals surface area contributed by atoms with E-state index in [1.807, 2.05) is 6.07 Å². The van der Waals surface area contributed by atoms with Crippen LogP contribution in [0.2, 0.25) is 5.02 Å². The van der Waals surface area contributed by atoms with Crippen molar-refractivity contribution in [1.29, 1.82) is 0 Å². The first-order valence-corrected chi connectivity index (χ1v) is 6.50. The molecule has 1 aromatic carbocycles. The maximum Gasteiger partial charge on any atom is 0.339 e. The molecular weight excluding hydrogens is 250 g/mol. The van der Waals surface area contributed by atoms with Crippen LogP contribution >= 0.6 is 11.6 Å². The summed E-state index contributed by atoms with van der Waals surface area (Å²) in [6, 6.07) is 3.67. The Bertz CT molecular complexity index is 630. The number of H-pyrrole nitrogens is 1. The fourth-order valence-corrected chi connectivity index (χ4v) is 2.94. The van der Waals surface area contributed by atoms with Gasteiger partial charge in [0, 0.05) is 16.6 Å². The van der Waals surface area contributed by atoms with Crippen molar-refractivity contribution >= 4 is 28.5 Å². The highest BCUT2D eigenvalue weighted by Crippen LogP contribution is 2.32. The number of benzene rings is 1. The van der Waals surface area contributed by atoms with Crippen LogP contribution in [-0.4, -0.2) is 18.1 Å². The van der Waals surface area contributed by atoms with Crippen LogP contribution in [0.1, 0.15) is 34.5 Å². The molecule has 0 aliphatic heterocycles. The molecule has 0 saturated heterocycles. The van der Waals surface area contributed by atoms with Crippen molar-refractivity contribution in [3.8, 4) is 0 Å². The highest BCUT2D eigenvalue weighted by molar-refractivity contribution is 6.34. The first kappa shape index (κ1) is 11.6. The number of hydrogen-bond acceptors (Lipinski definition) is 2. The predicted molar refractivity (Wildman–Crippen MR) is 71.3 cm³/mol. The summed E-state index contributed by atoms with van der Waals surface area (Å²) in [5.74, 6) is -0.394. The minimum absolute atomic E-state index is 0.394. The van der Waals surface area contributed by atoms with Gasteiger partial charge in [-0.1, -0.05) is 11.6 Å². The topological polar surface area (TPSA) is 42.1 Å². The number of fused-ring (bicyclic) bond motifs is 3. The second kappa shape index (κ2) is 4.32. The molecule has 1 N–H and O–H groups in total. The molecule has 1 heterocycles. The van der Waals surface area contributed by atoms with Gasteiger partial charge in [0.05, 0.1) is 17.7 Å². The number of halogens is 1. The summed E-state index contributed by atoms with van der Waals surface area (Å²) >= 11 is 6.16. The van der Waals surface area contributed by atoms with Crippen LogP contribution < -0.4 is 0 Å². The van der Waals surface area contributed by atoms with E-state index in [1.54, 1.807) is 6.07 Å². The lowest BCUT2D eigenvalue weighted by molar-refractivity contribution is 0.0601. The zero-order valence-corrected chi connectivity index (χ0v) is 10.9. The van der Waals surface area contributed by atoms with Crippen molar-refractivity contribution in [2.45, 2.75) is 25.7 Å². The van der Waals surface area contributed by atoms with Crippen molar-refractivity contribution in [3.05, 3.63) is 34.0 Å². The number of aromatic nitrogens is 1. The van der Waals surface area contributed by atoms with Crippen LogP contribution in [0, 0.1) is 0 Å². The van der Waals surface area contributed by atoms with Gasteiger partial charge in [0.1, 0.15) is 0 Å². The number of aryl methyl sites for hydroxylation is 2. The molecule has 18 heavy (non-hydrogen) atoms. The monoisotopic (exact) mass is 263 g/mol. The summed E-state index contributed by atoms with van der Waals surface area (Å²) < 4.78 is 4.73. The average molecular weight is 264 g/mol. The Morgan fingerprint density at radius 2 is 2.11 bits per heavy atom. The van der Waals surface area contributed by atoms with E-state index >= 15 is 0 Å². The van der Waals surface area contributed by atoms with Crippen molar-refractivity contribution < 1.29 is 9.53 Å². The minimum Gasteiger partial charge on any atom is -0.465 e. The number of hydrogen-bond donors (Lipinski definition) is 1. The van der Waals surface area contributed by atoms with E-state index in [-0.39, 0.29) is 0 Å². The maximum absolute atomic E-state index is 11.6. The smallest absolute Gasteiger partial charge is 0.339 e. The lowest BCUT2D eigenvalue weighted by Gasteiger charge is -2.10. The first-order valence-electron chi connectivity index (χ1n) is 6.12. The van der Waals surface area contributed by atoms with Crippen LogP contribution in [0.15, 0.2) is 12.1 Å². The average Bonchev–Trinajstić information content (AvgIpc) is 2.75. The molecule has 1 aliphatic carbocycles. The Labute approximate surface area is 110 Å². The highest BCUT2D eigenvalue weighted by Gasteiger charge is 2.19. The van der Waals surface area contributed by atoms with Gasteiger partial charge in [-0.3, -0.25) is 0 Å². The molecule has 0 saturated carbocycles. The normalized spacial score (nSPS) is 14.6. The molecule has 0 fully saturated rings. The second-order valence-electron chi connectivity index (χ2n) is 4.66. The van der Waals surface area contributed by atoms with Gasteiger partial charge in [-0.2, -0.15) is 0 Å². The van der Waals surface area contributed by atoms with E-state index in [4.69, 9.17) is 16.3 Å². The van der Waals surface area contributed by atoms with Crippen LogP contribution in [0.3, 0.4) is 0 Å². The highest BCUT2D eigenvalue weighted by atomic mass is 35.5. The van der Waals surface area contributed by atoms with Crippen molar-refractivity contribution in [1.82, 2.24) is 4.98 Å². The van der Waals surface area contributed by atoms with Gasteiger partial charge < -0.3 is 9.72 Å². The Morgan fingerprint density at radius 3 is 2.89 bits per heavy atom. The third-order valence-corrected chi connectivity index (χ3v) is 3.90. The third kappa shape index (κ3) is 1.70. The van der Waals surface area contributed by atoms with Gasteiger partial charge in [-0.15, -0.1) is 0 Å². The Kier molecular flexibility index (Phi) is 2.78. The summed E-state index contributed by atoms with van der Waals surface area (Å²) in [4.78, 5) is 15.0. The summed E-state index contributed by atoms with van der Waals surface area (Å²) in [6.07, 6.45) is 4.60. The lowest BCUT2D eigenvalue weighted by atomic mass is 9.95. The molecule has 0 spiro atoms. The van der Waals surface area contributed by atoms with Crippen LogP contribution in [0.25, 0.3) is 10.9 Å². The van der Waals surface area contributed by atoms with Gasteiger partial charge in [0.2, 0.25) is 0 Å². The van der Waals surface area contributed by atoms with E-state index in [0.29, 0.717) is 10.6 Å². The van der Waals surface area contributed by atoms with E-state index in [1.165, 1.54) is 31.2 Å². The lowest BCUT2D eigenvalue weighted by Crippen LogP contribution is -2.02. The molecular formula is C14H14ClNO2. The van der Waals surface area contributed by atoms with Crippen molar-refractivity contribution in [2.24, 2.45) is 0 Å². The molecule has 4 heteroatoms. The quantitative estimate of drug-likeness (QED) is 0.801. The molecule has 1 aromatic heterocycles. The minimum atomic E-state index is -0.394.